The van der Waals surface area contributed by atoms with Crippen LogP contribution in [0.1, 0.15) is 38.7 Å². The zero-order valence-corrected chi connectivity index (χ0v) is 28.0. The Morgan fingerprint density at radius 3 is 2.33 bits per heavy atom. The van der Waals surface area contributed by atoms with E-state index < -0.39 is 49.9 Å². The number of aromatic nitrogens is 1. The predicted octanol–water partition coefficient (Wildman–Crippen LogP) is 6.03. The van der Waals surface area contributed by atoms with E-state index in [1.807, 2.05) is 0 Å². The van der Waals surface area contributed by atoms with Gasteiger partial charge in [-0.25, -0.2) is 26.5 Å². The van der Waals surface area contributed by atoms with Crippen molar-refractivity contribution in [2.45, 2.75) is 55.7 Å². The van der Waals surface area contributed by atoms with Crippen molar-refractivity contribution in [2.24, 2.45) is 0 Å². The van der Waals surface area contributed by atoms with E-state index in [0.29, 0.717) is 28.7 Å². The van der Waals surface area contributed by atoms with Crippen molar-refractivity contribution in [1.82, 2.24) is 9.88 Å². The second-order valence-electron chi connectivity index (χ2n) is 12.2. The Hall–Kier alpha value is -3.26. The lowest BCUT2D eigenvalue weighted by molar-refractivity contribution is -0.0604. The first-order chi connectivity index (χ1) is 21.7. The van der Waals surface area contributed by atoms with Gasteiger partial charge in [0.25, 0.3) is 10.0 Å². The second-order valence-corrected chi connectivity index (χ2v) is 14.3. The van der Waals surface area contributed by atoms with Crippen LogP contribution in [0.2, 0.25) is 5.02 Å². The lowest BCUT2D eigenvalue weighted by Crippen LogP contribution is -2.54. The Kier molecular flexibility index (Phi) is 9.70. The van der Waals surface area contributed by atoms with Crippen LogP contribution < -0.4 is 18.7 Å². The van der Waals surface area contributed by atoms with Crippen molar-refractivity contribution in [3.63, 3.8) is 0 Å². The van der Waals surface area contributed by atoms with E-state index in [-0.39, 0.29) is 22.6 Å². The van der Waals surface area contributed by atoms with Gasteiger partial charge in [-0.3, -0.25) is 4.90 Å². The van der Waals surface area contributed by atoms with E-state index in [1.165, 1.54) is 38.5 Å². The smallest absolute Gasteiger partial charge is 0.271 e. The summed E-state index contributed by atoms with van der Waals surface area (Å²) >= 11 is 6.50. The standard InChI is InChI=1S/C32H38ClF3N4O5S/c1-31(39-15-12-32(2,45-5)13-16-39)11-14-38(20-31)24-18-23(34)30(29(36)28(24)33)46(41,42)40(27-8-6-7-26(35)37-27)19-21-9-10-22(43-3)17-25(21)44-4/h6-10,17-18H,11-16,19-20H2,1-5H3/t31-/m0/s1. The number of methoxy groups -OCH3 is 3. The van der Waals surface area contributed by atoms with E-state index >= 15 is 8.78 Å². The van der Waals surface area contributed by atoms with Gasteiger partial charge in [0.15, 0.2) is 10.7 Å². The summed E-state index contributed by atoms with van der Waals surface area (Å²) in [5.74, 6) is -3.47. The van der Waals surface area contributed by atoms with Crippen LogP contribution in [0.25, 0.3) is 0 Å². The molecule has 250 valence electrons. The highest BCUT2D eigenvalue weighted by Gasteiger charge is 2.44. The zero-order chi connectivity index (χ0) is 33.4. The Morgan fingerprint density at radius 1 is 0.978 bits per heavy atom. The molecule has 3 aromatic rings. The number of pyridine rings is 1. The normalized spacial score (nSPS) is 20.2. The van der Waals surface area contributed by atoms with Crippen LogP contribution in [0, 0.1) is 17.6 Å². The lowest BCUT2D eigenvalue weighted by atomic mass is 9.88. The summed E-state index contributed by atoms with van der Waals surface area (Å²) in [4.78, 5) is 6.58. The molecule has 0 saturated carbocycles. The summed E-state index contributed by atoms with van der Waals surface area (Å²) in [6.45, 7) is 6.24. The fraction of sp³-hybridized carbons (Fsp3) is 0.469. The third-order valence-electron chi connectivity index (χ3n) is 9.28. The van der Waals surface area contributed by atoms with E-state index in [0.717, 1.165) is 44.5 Å². The summed E-state index contributed by atoms with van der Waals surface area (Å²) in [5.41, 5.74) is -0.102. The molecule has 46 heavy (non-hydrogen) atoms. The molecular weight excluding hydrogens is 645 g/mol. The molecule has 1 atom stereocenters. The number of sulfonamides is 1. The monoisotopic (exact) mass is 682 g/mol. The largest absolute Gasteiger partial charge is 0.497 e. The van der Waals surface area contributed by atoms with Crippen LogP contribution in [0.4, 0.5) is 24.7 Å². The second kappa shape index (κ2) is 13.1. The van der Waals surface area contributed by atoms with Gasteiger partial charge in [-0.15, -0.1) is 0 Å². The van der Waals surface area contributed by atoms with Gasteiger partial charge in [0.05, 0.1) is 32.1 Å². The van der Waals surface area contributed by atoms with Crippen LogP contribution in [-0.2, 0) is 21.3 Å². The van der Waals surface area contributed by atoms with Crippen LogP contribution in [0.15, 0.2) is 47.4 Å². The van der Waals surface area contributed by atoms with Gasteiger partial charge in [-0.05, 0) is 57.4 Å². The summed E-state index contributed by atoms with van der Waals surface area (Å²) < 4.78 is 91.5. The van der Waals surface area contributed by atoms with Crippen molar-refractivity contribution in [2.75, 3.05) is 56.7 Å². The average molecular weight is 683 g/mol. The molecule has 2 aromatic carbocycles. The van der Waals surface area contributed by atoms with E-state index in [4.69, 9.17) is 25.8 Å². The molecule has 0 spiro atoms. The third kappa shape index (κ3) is 6.47. The zero-order valence-electron chi connectivity index (χ0n) is 26.4. The fourth-order valence-corrected chi connectivity index (χ4v) is 8.07. The molecule has 0 N–H and O–H groups in total. The Morgan fingerprint density at radius 2 is 1.70 bits per heavy atom. The van der Waals surface area contributed by atoms with Gasteiger partial charge in [0, 0.05) is 56.5 Å². The summed E-state index contributed by atoms with van der Waals surface area (Å²) in [6, 6.07) is 9.07. The molecule has 14 heteroatoms. The maximum Gasteiger partial charge on any atom is 0.271 e. The minimum atomic E-state index is -5.04. The molecule has 5 rings (SSSR count). The van der Waals surface area contributed by atoms with Gasteiger partial charge in [-0.2, -0.15) is 4.39 Å². The number of ether oxygens (including phenoxy) is 3. The van der Waals surface area contributed by atoms with Crippen molar-refractivity contribution < 1.29 is 35.8 Å². The molecule has 0 aliphatic carbocycles. The Labute approximate surface area is 272 Å². The van der Waals surface area contributed by atoms with E-state index in [9.17, 15) is 12.8 Å². The molecule has 0 amide bonds. The molecule has 0 bridgehead atoms. The molecule has 3 heterocycles. The van der Waals surface area contributed by atoms with Crippen molar-refractivity contribution in [1.29, 1.82) is 0 Å². The topological polar surface area (TPSA) is 84.4 Å². The number of hydrogen-bond acceptors (Lipinski definition) is 8. The highest BCUT2D eigenvalue weighted by Crippen LogP contribution is 2.42. The quantitative estimate of drug-likeness (QED) is 0.189. The van der Waals surface area contributed by atoms with Gasteiger partial charge in [0.2, 0.25) is 5.95 Å². The Bertz CT molecular complexity index is 1710. The molecule has 0 radical (unpaired) electrons. The molecule has 0 unspecified atom stereocenters. The SMILES string of the molecule is COc1ccc(CN(c2cccc(F)n2)S(=O)(=O)c2c(F)cc(N3CC[C@](C)(N4CCC(C)(OC)CC4)C3)c(Cl)c2F)c(OC)c1. The highest BCUT2D eigenvalue weighted by atomic mass is 35.5. The maximum atomic E-state index is 16.1. The van der Waals surface area contributed by atoms with Crippen molar-refractivity contribution in [3.05, 3.63) is 70.6 Å². The highest BCUT2D eigenvalue weighted by molar-refractivity contribution is 7.92. The number of nitrogens with zero attached hydrogens (tertiary/aromatic N) is 4. The van der Waals surface area contributed by atoms with Crippen LogP contribution in [0.3, 0.4) is 0 Å². The fourth-order valence-electron chi connectivity index (χ4n) is 6.24. The summed E-state index contributed by atoms with van der Waals surface area (Å²) in [5, 5.41) is -0.524. The third-order valence-corrected chi connectivity index (χ3v) is 11.4. The van der Waals surface area contributed by atoms with Crippen molar-refractivity contribution >= 4 is 33.1 Å². The Balaban J connectivity index is 1.49. The average Bonchev–Trinajstić information content (AvgIpc) is 3.44. The number of likely N-dealkylation sites (tertiary alicyclic amines) is 1. The van der Waals surface area contributed by atoms with E-state index in [1.54, 1.807) is 18.1 Å². The summed E-state index contributed by atoms with van der Waals surface area (Å²) in [7, 11) is -0.499. The van der Waals surface area contributed by atoms with Crippen LogP contribution >= 0.6 is 11.6 Å². The molecule has 1 aromatic heterocycles. The van der Waals surface area contributed by atoms with Gasteiger partial charge in [-0.1, -0.05) is 17.7 Å². The molecule has 9 nitrogen and oxygen atoms in total. The van der Waals surface area contributed by atoms with E-state index in [2.05, 4.69) is 23.7 Å². The lowest BCUT2D eigenvalue weighted by Gasteiger charge is -2.46. The number of rotatable bonds is 10. The first kappa shape index (κ1) is 34.1. The number of benzene rings is 2. The number of anilines is 2. The molecule has 2 aliphatic heterocycles. The van der Waals surface area contributed by atoms with Crippen LogP contribution in [0.5, 0.6) is 11.5 Å². The summed E-state index contributed by atoms with van der Waals surface area (Å²) in [6.07, 6.45) is 2.43. The minimum absolute atomic E-state index is 0.0605. The van der Waals surface area contributed by atoms with Gasteiger partial charge in [0.1, 0.15) is 28.2 Å². The predicted molar refractivity (Wildman–Crippen MR) is 170 cm³/mol. The van der Waals surface area contributed by atoms with Crippen molar-refractivity contribution in [3.8, 4) is 11.5 Å². The van der Waals surface area contributed by atoms with Crippen LogP contribution in [-0.4, -0.2) is 77.0 Å². The number of halogens is 4. The first-order valence-electron chi connectivity index (χ1n) is 14.8. The first-order valence-corrected chi connectivity index (χ1v) is 16.7. The molecular formula is C32H38ClF3N4O5S. The minimum Gasteiger partial charge on any atom is -0.497 e. The number of piperidine rings is 1. The maximum absolute atomic E-state index is 16.1. The molecule has 2 saturated heterocycles. The van der Waals surface area contributed by atoms with Gasteiger partial charge >= 0.3 is 0 Å². The van der Waals surface area contributed by atoms with Gasteiger partial charge < -0.3 is 19.1 Å². The molecule has 2 aliphatic rings. The number of hydrogen-bond donors (Lipinski definition) is 0. The molecule has 2 fully saturated rings.